The van der Waals surface area contributed by atoms with E-state index in [2.05, 4.69) is 5.32 Å². The minimum absolute atomic E-state index is 0.101. The summed E-state index contributed by atoms with van der Waals surface area (Å²) in [5, 5.41) is 12.4. The topological polar surface area (TPSA) is 58.6 Å². The first kappa shape index (κ1) is 12.9. The first-order chi connectivity index (χ1) is 8.61. The maximum atomic E-state index is 11.1. The van der Waals surface area contributed by atoms with E-state index in [1.54, 1.807) is 7.11 Å². The molecule has 4 heteroatoms. The molecule has 0 amide bonds. The molecule has 1 aliphatic rings. The second-order valence-corrected chi connectivity index (χ2v) is 4.78. The van der Waals surface area contributed by atoms with Gasteiger partial charge in [-0.05, 0) is 49.6 Å². The van der Waals surface area contributed by atoms with Crippen molar-refractivity contribution in [3.63, 3.8) is 0 Å². The largest absolute Gasteiger partial charge is 0.497 e. The molecule has 1 aromatic rings. The number of methoxy groups -OCH3 is 1. The van der Waals surface area contributed by atoms with Crippen LogP contribution in [0.5, 0.6) is 5.75 Å². The van der Waals surface area contributed by atoms with Gasteiger partial charge in [0.1, 0.15) is 5.75 Å². The third kappa shape index (κ3) is 2.20. The number of rotatable bonds is 4. The lowest BCUT2D eigenvalue weighted by Gasteiger charge is -2.38. The summed E-state index contributed by atoms with van der Waals surface area (Å²) >= 11 is 0. The highest BCUT2D eigenvalue weighted by atomic mass is 16.5. The summed E-state index contributed by atoms with van der Waals surface area (Å²) in [5.41, 5.74) is 1.82. The normalized spacial score (nSPS) is 22.3. The summed E-state index contributed by atoms with van der Waals surface area (Å²) in [5.74, 6) is 0.000633. The van der Waals surface area contributed by atoms with E-state index >= 15 is 0 Å². The SMILES string of the molecule is CNC1(CC(=O)O)CCCc2ccc(OC)cc21. The first-order valence-electron chi connectivity index (χ1n) is 6.19. The minimum Gasteiger partial charge on any atom is -0.497 e. The van der Waals surface area contributed by atoms with Crippen LogP contribution in [0.3, 0.4) is 0 Å². The predicted octanol–water partition coefficient (Wildman–Crippen LogP) is 1.92. The maximum absolute atomic E-state index is 11.1. The molecule has 0 aliphatic heterocycles. The number of aryl methyl sites for hydroxylation is 1. The van der Waals surface area contributed by atoms with E-state index in [0.717, 1.165) is 30.6 Å². The van der Waals surface area contributed by atoms with Crippen LogP contribution in [0, 0.1) is 0 Å². The van der Waals surface area contributed by atoms with E-state index in [4.69, 9.17) is 9.84 Å². The molecule has 1 aliphatic carbocycles. The lowest BCUT2D eigenvalue weighted by molar-refractivity contribution is -0.139. The number of aliphatic carboxylic acids is 1. The molecule has 98 valence electrons. The van der Waals surface area contributed by atoms with Gasteiger partial charge in [-0.3, -0.25) is 4.79 Å². The number of fused-ring (bicyclic) bond motifs is 1. The zero-order chi connectivity index (χ0) is 13.2. The van der Waals surface area contributed by atoms with Gasteiger partial charge in [0, 0.05) is 0 Å². The van der Waals surface area contributed by atoms with Gasteiger partial charge in [-0.25, -0.2) is 0 Å². The fourth-order valence-corrected chi connectivity index (χ4v) is 2.85. The molecule has 0 saturated heterocycles. The fraction of sp³-hybridized carbons (Fsp3) is 0.500. The Morgan fingerprint density at radius 2 is 2.33 bits per heavy atom. The van der Waals surface area contributed by atoms with Crippen LogP contribution in [-0.2, 0) is 16.8 Å². The van der Waals surface area contributed by atoms with Gasteiger partial charge in [0.25, 0.3) is 0 Å². The van der Waals surface area contributed by atoms with Crippen LogP contribution in [0.4, 0.5) is 0 Å². The van der Waals surface area contributed by atoms with Gasteiger partial charge in [0.15, 0.2) is 0 Å². The summed E-state index contributed by atoms with van der Waals surface area (Å²) < 4.78 is 5.25. The molecule has 2 rings (SSSR count). The molecule has 0 radical (unpaired) electrons. The Bertz CT molecular complexity index is 458. The Hall–Kier alpha value is -1.55. The average Bonchev–Trinajstić information content (AvgIpc) is 2.38. The van der Waals surface area contributed by atoms with Crippen molar-refractivity contribution in [2.75, 3.05) is 14.2 Å². The zero-order valence-electron chi connectivity index (χ0n) is 10.8. The molecule has 0 bridgehead atoms. The molecule has 0 saturated carbocycles. The summed E-state index contributed by atoms with van der Waals surface area (Å²) in [6.07, 6.45) is 2.95. The van der Waals surface area contributed by atoms with E-state index in [1.165, 1.54) is 5.56 Å². The number of hydrogen-bond donors (Lipinski definition) is 2. The molecule has 0 spiro atoms. The maximum Gasteiger partial charge on any atom is 0.305 e. The van der Waals surface area contributed by atoms with E-state index in [0.29, 0.717) is 0 Å². The van der Waals surface area contributed by atoms with Gasteiger partial charge >= 0.3 is 5.97 Å². The van der Waals surface area contributed by atoms with Gasteiger partial charge in [-0.1, -0.05) is 6.07 Å². The highest BCUT2D eigenvalue weighted by Gasteiger charge is 2.37. The van der Waals surface area contributed by atoms with Gasteiger partial charge < -0.3 is 15.2 Å². The molecule has 1 unspecified atom stereocenters. The van der Waals surface area contributed by atoms with E-state index in [9.17, 15) is 4.79 Å². The van der Waals surface area contributed by atoms with Crippen molar-refractivity contribution in [1.29, 1.82) is 0 Å². The van der Waals surface area contributed by atoms with Crippen molar-refractivity contribution in [2.45, 2.75) is 31.2 Å². The molecular formula is C14H19NO3. The fourth-order valence-electron chi connectivity index (χ4n) is 2.85. The Labute approximate surface area is 107 Å². The van der Waals surface area contributed by atoms with Gasteiger partial charge in [-0.2, -0.15) is 0 Å². The Morgan fingerprint density at radius 1 is 1.56 bits per heavy atom. The molecular weight excluding hydrogens is 230 g/mol. The quantitative estimate of drug-likeness (QED) is 0.856. The second-order valence-electron chi connectivity index (χ2n) is 4.78. The van der Waals surface area contributed by atoms with E-state index in [-0.39, 0.29) is 6.42 Å². The predicted molar refractivity (Wildman–Crippen MR) is 68.9 cm³/mol. The molecule has 4 nitrogen and oxygen atoms in total. The number of nitrogens with one attached hydrogen (secondary N) is 1. The molecule has 1 atom stereocenters. The minimum atomic E-state index is -0.778. The van der Waals surface area contributed by atoms with Gasteiger partial charge in [0.2, 0.25) is 0 Å². The molecule has 18 heavy (non-hydrogen) atoms. The summed E-state index contributed by atoms with van der Waals surface area (Å²) in [7, 11) is 3.46. The number of hydrogen-bond acceptors (Lipinski definition) is 3. The van der Waals surface area contributed by atoms with Crippen molar-refractivity contribution in [2.24, 2.45) is 0 Å². The van der Waals surface area contributed by atoms with Crippen LogP contribution in [0.1, 0.15) is 30.4 Å². The zero-order valence-corrected chi connectivity index (χ0v) is 10.8. The number of ether oxygens (including phenoxy) is 1. The molecule has 1 aromatic carbocycles. The lowest BCUT2D eigenvalue weighted by atomic mass is 9.74. The van der Waals surface area contributed by atoms with Crippen molar-refractivity contribution in [1.82, 2.24) is 5.32 Å². The first-order valence-corrected chi connectivity index (χ1v) is 6.19. The standard InChI is InChI=1S/C14H19NO3/c1-15-14(9-13(16)17)7-3-4-10-5-6-11(18-2)8-12(10)14/h5-6,8,15H,3-4,7,9H2,1-2H3,(H,16,17). The van der Waals surface area contributed by atoms with Crippen molar-refractivity contribution >= 4 is 5.97 Å². The smallest absolute Gasteiger partial charge is 0.305 e. The number of carbonyl (C=O) groups is 1. The second kappa shape index (κ2) is 4.98. The van der Waals surface area contributed by atoms with E-state index in [1.807, 2.05) is 25.2 Å². The highest BCUT2D eigenvalue weighted by molar-refractivity contribution is 5.69. The monoisotopic (exact) mass is 249 g/mol. The molecule has 0 fully saturated rings. The van der Waals surface area contributed by atoms with Crippen molar-refractivity contribution in [3.8, 4) is 5.75 Å². The average molecular weight is 249 g/mol. The highest BCUT2D eigenvalue weighted by Crippen LogP contribution is 2.39. The van der Waals surface area contributed by atoms with Crippen LogP contribution in [0.2, 0.25) is 0 Å². The van der Waals surface area contributed by atoms with Crippen LogP contribution in [-0.4, -0.2) is 25.2 Å². The van der Waals surface area contributed by atoms with Crippen molar-refractivity contribution in [3.05, 3.63) is 29.3 Å². The van der Waals surface area contributed by atoms with Crippen molar-refractivity contribution < 1.29 is 14.6 Å². The van der Waals surface area contributed by atoms with Crippen LogP contribution < -0.4 is 10.1 Å². The van der Waals surface area contributed by atoms with Crippen LogP contribution in [0.15, 0.2) is 18.2 Å². The Morgan fingerprint density at radius 3 is 2.94 bits per heavy atom. The Kier molecular flexibility index (Phi) is 3.57. The summed E-state index contributed by atoms with van der Waals surface area (Å²) in [6.45, 7) is 0. The lowest BCUT2D eigenvalue weighted by Crippen LogP contribution is -2.44. The third-order valence-corrected chi connectivity index (χ3v) is 3.81. The van der Waals surface area contributed by atoms with E-state index < -0.39 is 11.5 Å². The number of carboxylic acid groups (broad SMARTS) is 1. The molecule has 0 aromatic heterocycles. The van der Waals surface area contributed by atoms with Gasteiger partial charge in [0.05, 0.1) is 19.1 Å². The molecule has 0 heterocycles. The Balaban J connectivity index is 2.49. The number of carboxylic acids is 1. The molecule has 2 N–H and O–H groups in total. The summed E-state index contributed by atoms with van der Waals surface area (Å²) in [4.78, 5) is 11.1. The van der Waals surface area contributed by atoms with Gasteiger partial charge in [-0.15, -0.1) is 0 Å². The number of benzene rings is 1. The third-order valence-electron chi connectivity index (χ3n) is 3.81. The van der Waals surface area contributed by atoms with Crippen LogP contribution in [0.25, 0.3) is 0 Å². The summed E-state index contributed by atoms with van der Waals surface area (Å²) in [6, 6.07) is 5.94. The van der Waals surface area contributed by atoms with Crippen LogP contribution >= 0.6 is 0 Å².